The summed E-state index contributed by atoms with van der Waals surface area (Å²) in [5, 5.41) is 2.12. The van der Waals surface area contributed by atoms with E-state index in [-0.39, 0.29) is 5.91 Å². The molecular weight excluding hydrogens is 248 g/mol. The number of benzene rings is 2. The summed E-state index contributed by atoms with van der Waals surface area (Å²) in [4.78, 5) is 14.3. The number of amides is 1. The molecule has 2 unspecified atom stereocenters. The molecule has 2 aromatic rings. The number of hydrogen-bond donors (Lipinski definition) is 1. The number of rotatable bonds is 3. The Labute approximate surface area is 119 Å². The van der Waals surface area contributed by atoms with Crippen molar-refractivity contribution in [1.82, 2.24) is 4.90 Å². The van der Waals surface area contributed by atoms with Crippen LogP contribution < -0.4 is 5.73 Å². The highest BCUT2D eigenvalue weighted by atomic mass is 16.2. The van der Waals surface area contributed by atoms with Gasteiger partial charge in [0, 0.05) is 19.3 Å². The van der Waals surface area contributed by atoms with Gasteiger partial charge in [0.1, 0.15) is 0 Å². The zero-order valence-electron chi connectivity index (χ0n) is 12.0. The third-order valence-corrected chi connectivity index (χ3v) is 4.28. The normalized spacial score (nSPS) is 20.9. The van der Waals surface area contributed by atoms with Gasteiger partial charge in [0.2, 0.25) is 0 Å². The third-order valence-electron chi connectivity index (χ3n) is 4.28. The minimum absolute atomic E-state index is 0.0207. The van der Waals surface area contributed by atoms with Crippen molar-refractivity contribution in [3.8, 4) is 0 Å². The highest BCUT2D eigenvalue weighted by molar-refractivity contribution is 6.03. The van der Waals surface area contributed by atoms with Gasteiger partial charge in [-0.2, -0.15) is 0 Å². The van der Waals surface area contributed by atoms with Gasteiger partial charge in [-0.1, -0.05) is 31.2 Å². The van der Waals surface area contributed by atoms with Crippen molar-refractivity contribution in [2.45, 2.75) is 13.3 Å². The summed E-state index contributed by atoms with van der Waals surface area (Å²) in [5.41, 5.74) is 7.22. The molecule has 0 saturated heterocycles. The summed E-state index contributed by atoms with van der Waals surface area (Å²) in [6.07, 6.45) is 1.23. The molecule has 0 aliphatic heterocycles. The van der Waals surface area contributed by atoms with E-state index in [4.69, 9.17) is 5.73 Å². The van der Waals surface area contributed by atoms with Crippen molar-refractivity contribution >= 4 is 22.4 Å². The lowest BCUT2D eigenvalue weighted by Crippen LogP contribution is -2.29. The molecule has 0 radical (unpaired) electrons. The van der Waals surface area contributed by atoms with Gasteiger partial charge < -0.3 is 10.6 Å². The van der Waals surface area contributed by atoms with E-state index in [9.17, 15) is 4.79 Å². The van der Waals surface area contributed by atoms with Crippen molar-refractivity contribution in [1.29, 1.82) is 0 Å². The molecule has 0 spiro atoms. The van der Waals surface area contributed by atoms with Crippen molar-refractivity contribution in [2.75, 3.05) is 19.3 Å². The van der Waals surface area contributed by atoms with Crippen LogP contribution in [0.1, 0.15) is 23.7 Å². The monoisotopic (exact) mass is 268 g/mol. The van der Waals surface area contributed by atoms with Crippen molar-refractivity contribution < 1.29 is 4.79 Å². The van der Waals surface area contributed by atoms with E-state index >= 15 is 0 Å². The lowest BCUT2D eigenvalue weighted by atomic mass is 10.0. The van der Waals surface area contributed by atoms with E-state index < -0.39 is 0 Å². The number of carbonyl (C=O) groups is 1. The lowest BCUT2D eigenvalue weighted by molar-refractivity contribution is 0.0788. The van der Waals surface area contributed by atoms with Gasteiger partial charge in [-0.3, -0.25) is 4.79 Å². The van der Waals surface area contributed by atoms with Gasteiger partial charge in [-0.15, -0.1) is 0 Å². The number of nitrogens with two attached hydrogens (primary N) is 1. The molecular formula is C17H20N2O. The molecule has 3 nitrogen and oxygen atoms in total. The molecule has 1 saturated carbocycles. The molecule has 1 amide bonds. The Morgan fingerprint density at radius 1 is 1.30 bits per heavy atom. The molecule has 0 aromatic heterocycles. The van der Waals surface area contributed by atoms with Crippen LogP contribution >= 0.6 is 0 Å². The topological polar surface area (TPSA) is 46.3 Å². The summed E-state index contributed by atoms with van der Waals surface area (Å²) in [5.74, 6) is 1.43. The number of fused-ring (bicyclic) bond motifs is 1. The number of nitrogen functional groups attached to an aromatic ring is 1. The zero-order chi connectivity index (χ0) is 14.3. The van der Waals surface area contributed by atoms with E-state index in [2.05, 4.69) is 6.92 Å². The predicted octanol–water partition coefficient (Wildman–Crippen LogP) is 3.15. The van der Waals surface area contributed by atoms with E-state index in [0.29, 0.717) is 17.2 Å². The van der Waals surface area contributed by atoms with Crippen LogP contribution in [0.5, 0.6) is 0 Å². The van der Waals surface area contributed by atoms with E-state index in [0.717, 1.165) is 23.2 Å². The van der Waals surface area contributed by atoms with Crippen LogP contribution in [0, 0.1) is 11.8 Å². The minimum atomic E-state index is 0.0207. The average molecular weight is 268 g/mol. The molecule has 1 aliphatic rings. The largest absolute Gasteiger partial charge is 0.398 e. The Balaban J connectivity index is 1.88. The zero-order valence-corrected chi connectivity index (χ0v) is 12.0. The number of hydrogen-bond acceptors (Lipinski definition) is 2. The fourth-order valence-corrected chi connectivity index (χ4v) is 2.74. The Morgan fingerprint density at radius 2 is 1.90 bits per heavy atom. The standard InChI is InChI=1S/C17H20N2O/c1-11-7-14(11)10-19(2)17(20)15-8-12-5-3-4-6-13(12)9-16(15)18/h3-6,8-9,11,14H,7,10,18H2,1-2H3. The van der Waals surface area contributed by atoms with Crippen LogP contribution in [0.4, 0.5) is 5.69 Å². The van der Waals surface area contributed by atoms with Crippen LogP contribution in [-0.4, -0.2) is 24.4 Å². The number of nitrogens with zero attached hydrogens (tertiary/aromatic N) is 1. The maximum atomic E-state index is 12.5. The van der Waals surface area contributed by atoms with Crippen LogP contribution in [0.2, 0.25) is 0 Å². The lowest BCUT2D eigenvalue weighted by Gasteiger charge is -2.18. The second-order valence-electron chi connectivity index (χ2n) is 5.95. The van der Waals surface area contributed by atoms with Gasteiger partial charge in [-0.05, 0) is 41.2 Å². The van der Waals surface area contributed by atoms with Gasteiger partial charge in [-0.25, -0.2) is 0 Å². The highest BCUT2D eigenvalue weighted by Crippen LogP contribution is 2.38. The predicted molar refractivity (Wildman–Crippen MR) is 82.6 cm³/mol. The van der Waals surface area contributed by atoms with E-state index in [1.807, 2.05) is 43.4 Å². The smallest absolute Gasteiger partial charge is 0.255 e. The Hall–Kier alpha value is -2.03. The molecule has 0 heterocycles. The quantitative estimate of drug-likeness (QED) is 0.869. The first-order valence-electron chi connectivity index (χ1n) is 7.10. The van der Waals surface area contributed by atoms with Gasteiger partial charge >= 0.3 is 0 Å². The molecule has 2 aromatic carbocycles. The molecule has 0 bridgehead atoms. The maximum Gasteiger partial charge on any atom is 0.255 e. The van der Waals surface area contributed by atoms with Crippen molar-refractivity contribution in [3.63, 3.8) is 0 Å². The van der Waals surface area contributed by atoms with E-state index in [1.54, 1.807) is 4.90 Å². The Kier molecular flexibility index (Phi) is 3.13. The molecule has 1 aliphatic carbocycles. The summed E-state index contributed by atoms with van der Waals surface area (Å²) in [6.45, 7) is 3.06. The molecule has 2 N–H and O–H groups in total. The van der Waals surface area contributed by atoms with Crippen LogP contribution in [0.25, 0.3) is 10.8 Å². The number of carbonyl (C=O) groups excluding carboxylic acids is 1. The highest BCUT2D eigenvalue weighted by Gasteiger charge is 2.34. The molecule has 20 heavy (non-hydrogen) atoms. The second kappa shape index (κ2) is 4.82. The first-order valence-corrected chi connectivity index (χ1v) is 7.10. The fraction of sp³-hybridized carbons (Fsp3) is 0.353. The first-order chi connectivity index (χ1) is 9.56. The average Bonchev–Trinajstić information content (AvgIpc) is 3.12. The Bertz CT molecular complexity index is 665. The molecule has 2 atom stereocenters. The molecule has 3 heteroatoms. The summed E-state index contributed by atoms with van der Waals surface area (Å²) in [7, 11) is 1.86. The second-order valence-corrected chi connectivity index (χ2v) is 5.95. The molecule has 1 fully saturated rings. The van der Waals surface area contributed by atoms with Crippen LogP contribution in [0.3, 0.4) is 0 Å². The summed E-state index contributed by atoms with van der Waals surface area (Å²) < 4.78 is 0. The number of anilines is 1. The van der Waals surface area contributed by atoms with Gasteiger partial charge in [0.05, 0.1) is 5.56 Å². The van der Waals surface area contributed by atoms with Crippen molar-refractivity contribution in [3.05, 3.63) is 42.0 Å². The van der Waals surface area contributed by atoms with Gasteiger partial charge in [0.15, 0.2) is 0 Å². The summed E-state index contributed by atoms with van der Waals surface area (Å²) in [6, 6.07) is 11.8. The third kappa shape index (κ3) is 2.36. The first kappa shape index (κ1) is 13.0. The van der Waals surface area contributed by atoms with Gasteiger partial charge in [0.25, 0.3) is 5.91 Å². The Morgan fingerprint density at radius 3 is 2.50 bits per heavy atom. The van der Waals surface area contributed by atoms with E-state index in [1.165, 1.54) is 6.42 Å². The minimum Gasteiger partial charge on any atom is -0.398 e. The SMILES string of the molecule is CC1CC1CN(C)C(=O)c1cc2ccccc2cc1N. The summed E-state index contributed by atoms with van der Waals surface area (Å²) >= 11 is 0. The van der Waals surface area contributed by atoms with Crippen molar-refractivity contribution in [2.24, 2.45) is 11.8 Å². The maximum absolute atomic E-state index is 12.5. The fourth-order valence-electron chi connectivity index (χ4n) is 2.74. The molecule has 104 valence electrons. The van der Waals surface area contributed by atoms with Crippen LogP contribution in [0.15, 0.2) is 36.4 Å². The molecule has 3 rings (SSSR count). The van der Waals surface area contributed by atoms with Crippen LogP contribution in [-0.2, 0) is 0 Å².